The number of anilines is 1. The molecule has 1 N–H and O–H groups in total. The van der Waals surface area contributed by atoms with Gasteiger partial charge >= 0.3 is 0 Å². The zero-order chi connectivity index (χ0) is 22.8. The van der Waals surface area contributed by atoms with Crippen LogP contribution in [0.4, 0.5) is 5.69 Å². The van der Waals surface area contributed by atoms with Crippen LogP contribution in [0.15, 0.2) is 52.4 Å². The van der Waals surface area contributed by atoms with Crippen LogP contribution < -0.4 is 10.9 Å². The van der Waals surface area contributed by atoms with E-state index in [0.717, 1.165) is 42.5 Å². The van der Waals surface area contributed by atoms with Gasteiger partial charge in [-0.25, -0.2) is 4.98 Å². The third-order valence-electron chi connectivity index (χ3n) is 6.29. The Morgan fingerprint density at radius 3 is 2.53 bits per heavy atom. The van der Waals surface area contributed by atoms with Gasteiger partial charge in [-0.15, -0.1) is 0 Å². The summed E-state index contributed by atoms with van der Waals surface area (Å²) in [5.74, 6) is 0.231. The second-order valence-corrected chi connectivity index (χ2v) is 10.3. The van der Waals surface area contributed by atoms with Crippen molar-refractivity contribution in [1.29, 1.82) is 0 Å². The van der Waals surface area contributed by atoms with Gasteiger partial charge in [-0.3, -0.25) is 14.2 Å². The largest absolute Gasteiger partial charge is 0.325 e. The average molecular weight is 450 g/mol. The molecule has 0 saturated heterocycles. The third kappa shape index (κ3) is 4.46. The van der Waals surface area contributed by atoms with Gasteiger partial charge in [0.25, 0.3) is 5.56 Å². The maximum Gasteiger partial charge on any atom is 0.262 e. The van der Waals surface area contributed by atoms with Crippen molar-refractivity contribution < 1.29 is 4.79 Å². The Kier molecular flexibility index (Phi) is 6.70. The molecule has 0 bridgehead atoms. The Morgan fingerprint density at radius 1 is 1.09 bits per heavy atom. The van der Waals surface area contributed by atoms with Crippen LogP contribution in [0.25, 0.3) is 10.9 Å². The van der Waals surface area contributed by atoms with Crippen LogP contribution in [0.3, 0.4) is 0 Å². The van der Waals surface area contributed by atoms with E-state index in [9.17, 15) is 9.59 Å². The number of fused-ring (bicyclic) bond motifs is 1. The van der Waals surface area contributed by atoms with Crippen molar-refractivity contribution in [3.8, 4) is 0 Å². The molecule has 5 nitrogen and oxygen atoms in total. The number of carbonyl (C=O) groups excluding carboxylic acids is 1. The fourth-order valence-electron chi connectivity index (χ4n) is 4.47. The van der Waals surface area contributed by atoms with Crippen LogP contribution in [0.5, 0.6) is 0 Å². The zero-order valence-corrected chi connectivity index (χ0v) is 20.0. The van der Waals surface area contributed by atoms with E-state index in [1.807, 2.05) is 54.8 Å². The predicted octanol–water partition coefficient (Wildman–Crippen LogP) is 6.06. The summed E-state index contributed by atoms with van der Waals surface area (Å²) in [6.45, 7) is 8.15. The van der Waals surface area contributed by atoms with Gasteiger partial charge in [0.15, 0.2) is 5.16 Å². The third-order valence-corrected chi connectivity index (χ3v) is 7.36. The molecule has 1 unspecified atom stereocenters. The zero-order valence-electron chi connectivity index (χ0n) is 19.2. The fourth-order valence-corrected chi connectivity index (χ4v) is 5.45. The first-order chi connectivity index (χ1) is 15.4. The summed E-state index contributed by atoms with van der Waals surface area (Å²) in [5.41, 5.74) is 3.75. The lowest BCUT2D eigenvalue weighted by Crippen LogP contribution is -2.29. The number of nitrogens with one attached hydrogen (secondary N) is 1. The summed E-state index contributed by atoms with van der Waals surface area (Å²) >= 11 is 1.37. The fraction of sp³-hybridized carbons (Fsp3) is 0.423. The molecule has 168 valence electrons. The van der Waals surface area contributed by atoms with Crippen LogP contribution in [0, 0.1) is 6.92 Å². The van der Waals surface area contributed by atoms with Crippen molar-refractivity contribution in [3.05, 3.63) is 63.9 Å². The maximum absolute atomic E-state index is 13.4. The number of para-hydroxylation sites is 2. The van der Waals surface area contributed by atoms with Crippen molar-refractivity contribution in [1.82, 2.24) is 9.55 Å². The molecule has 1 aliphatic carbocycles. The number of rotatable bonds is 6. The van der Waals surface area contributed by atoms with Gasteiger partial charge in [0.1, 0.15) is 0 Å². The van der Waals surface area contributed by atoms with E-state index in [4.69, 9.17) is 4.98 Å². The summed E-state index contributed by atoms with van der Waals surface area (Å²) in [6, 6.07) is 13.7. The molecule has 1 aromatic heterocycles. The van der Waals surface area contributed by atoms with Crippen molar-refractivity contribution in [3.63, 3.8) is 0 Å². The summed E-state index contributed by atoms with van der Waals surface area (Å²) < 4.78 is 1.84. The molecule has 3 aromatic rings. The number of hydrogen-bond acceptors (Lipinski definition) is 4. The summed E-state index contributed by atoms with van der Waals surface area (Å²) in [4.78, 5) is 31.3. The predicted molar refractivity (Wildman–Crippen MR) is 133 cm³/mol. The molecule has 4 rings (SSSR count). The van der Waals surface area contributed by atoms with E-state index in [2.05, 4.69) is 25.2 Å². The quantitative estimate of drug-likeness (QED) is 0.367. The van der Waals surface area contributed by atoms with Gasteiger partial charge in [-0.05, 0) is 55.9 Å². The molecule has 2 aromatic carbocycles. The minimum Gasteiger partial charge on any atom is -0.325 e. The molecule has 6 heteroatoms. The van der Waals surface area contributed by atoms with Crippen LogP contribution in [-0.4, -0.2) is 20.7 Å². The lowest BCUT2D eigenvalue weighted by Gasteiger charge is -2.21. The minimum atomic E-state index is -0.393. The molecule has 1 fully saturated rings. The SMILES string of the molecule is Cc1cccc(C(C)C)c1NC(=O)C(C)Sc1nc2ccccc2c(=O)n1C1CCCC1. The van der Waals surface area contributed by atoms with Crippen molar-refractivity contribution in [2.24, 2.45) is 0 Å². The van der Waals surface area contributed by atoms with Crippen LogP contribution in [0.2, 0.25) is 0 Å². The van der Waals surface area contributed by atoms with Gasteiger partial charge in [-0.1, -0.05) is 68.8 Å². The number of aryl methyl sites for hydroxylation is 1. The van der Waals surface area contributed by atoms with Crippen molar-refractivity contribution >= 4 is 34.3 Å². The molecule has 0 radical (unpaired) electrons. The van der Waals surface area contributed by atoms with E-state index in [0.29, 0.717) is 22.0 Å². The number of carbonyl (C=O) groups is 1. The first kappa shape index (κ1) is 22.6. The molecular formula is C26H31N3O2S. The average Bonchev–Trinajstić information content (AvgIpc) is 3.29. The van der Waals surface area contributed by atoms with Crippen LogP contribution >= 0.6 is 11.8 Å². The number of hydrogen-bond donors (Lipinski definition) is 1. The molecule has 1 aliphatic rings. The van der Waals surface area contributed by atoms with Gasteiger partial charge in [0.2, 0.25) is 5.91 Å². The minimum absolute atomic E-state index is 0.00129. The molecule has 1 saturated carbocycles. The first-order valence-electron chi connectivity index (χ1n) is 11.4. The van der Waals surface area contributed by atoms with E-state index in [1.54, 1.807) is 0 Å². The first-order valence-corrected chi connectivity index (χ1v) is 12.3. The second kappa shape index (κ2) is 9.49. The summed E-state index contributed by atoms with van der Waals surface area (Å²) in [7, 11) is 0. The Hall–Kier alpha value is -2.60. The van der Waals surface area contributed by atoms with Crippen molar-refractivity contribution in [2.45, 2.75) is 75.7 Å². The highest BCUT2D eigenvalue weighted by atomic mass is 32.2. The molecule has 1 heterocycles. The van der Waals surface area contributed by atoms with Gasteiger partial charge in [0.05, 0.1) is 16.2 Å². The van der Waals surface area contributed by atoms with Crippen molar-refractivity contribution in [2.75, 3.05) is 5.32 Å². The monoisotopic (exact) mass is 449 g/mol. The topological polar surface area (TPSA) is 64.0 Å². The normalized spacial score (nSPS) is 15.4. The number of thioether (sulfide) groups is 1. The van der Waals surface area contributed by atoms with E-state index in [1.165, 1.54) is 11.8 Å². The highest BCUT2D eigenvalue weighted by Crippen LogP contribution is 2.34. The smallest absolute Gasteiger partial charge is 0.262 e. The number of nitrogens with zero attached hydrogens (tertiary/aromatic N) is 2. The molecular weight excluding hydrogens is 418 g/mol. The number of amides is 1. The molecule has 32 heavy (non-hydrogen) atoms. The summed E-state index contributed by atoms with van der Waals surface area (Å²) in [5, 5.41) is 4.03. The van der Waals surface area contributed by atoms with E-state index < -0.39 is 5.25 Å². The Morgan fingerprint density at radius 2 is 1.81 bits per heavy atom. The second-order valence-electron chi connectivity index (χ2n) is 8.97. The molecule has 1 atom stereocenters. The van der Waals surface area contributed by atoms with E-state index >= 15 is 0 Å². The number of aromatic nitrogens is 2. The van der Waals surface area contributed by atoms with Crippen LogP contribution in [0.1, 0.15) is 69.5 Å². The standard InChI is InChI=1S/C26H31N3O2S/c1-16(2)20-14-9-10-17(3)23(20)28-24(30)18(4)32-26-27-22-15-8-7-13-21(22)25(31)29(26)19-11-5-6-12-19/h7-10,13-16,18-19H,5-6,11-12H2,1-4H3,(H,28,30). The van der Waals surface area contributed by atoms with Crippen LogP contribution in [-0.2, 0) is 4.79 Å². The molecule has 0 spiro atoms. The molecule has 0 aliphatic heterocycles. The van der Waals surface area contributed by atoms with Gasteiger partial charge < -0.3 is 5.32 Å². The molecule has 1 amide bonds. The lowest BCUT2D eigenvalue weighted by molar-refractivity contribution is -0.115. The lowest BCUT2D eigenvalue weighted by atomic mass is 9.98. The Balaban J connectivity index is 1.65. The number of benzene rings is 2. The van der Waals surface area contributed by atoms with E-state index in [-0.39, 0.29) is 17.5 Å². The Labute approximate surface area is 193 Å². The highest BCUT2D eigenvalue weighted by Gasteiger charge is 2.26. The highest BCUT2D eigenvalue weighted by molar-refractivity contribution is 8.00. The maximum atomic E-state index is 13.4. The van der Waals surface area contributed by atoms with Gasteiger partial charge in [-0.2, -0.15) is 0 Å². The van der Waals surface area contributed by atoms with Gasteiger partial charge in [0, 0.05) is 11.7 Å². The Bertz CT molecular complexity index is 1200. The summed E-state index contributed by atoms with van der Waals surface area (Å²) in [6.07, 6.45) is 4.20.